The number of methoxy groups -OCH3 is 1. The smallest absolute Gasteiger partial charge is 0.0828 e. The molecule has 0 atom stereocenters. The normalized spacial score (nSPS) is 11.2. The van der Waals surface area contributed by atoms with Gasteiger partial charge < -0.3 is 10.1 Å². The Labute approximate surface area is 126 Å². The lowest BCUT2D eigenvalue weighted by atomic mass is 10.3. The highest BCUT2D eigenvalue weighted by Crippen LogP contribution is 2.08. The average Bonchev–Trinajstić information content (AvgIpc) is 3.10. The first-order valence-electron chi connectivity index (χ1n) is 7.54. The van der Waals surface area contributed by atoms with Crippen molar-refractivity contribution in [3.63, 3.8) is 0 Å². The van der Waals surface area contributed by atoms with Crippen LogP contribution in [-0.4, -0.2) is 39.8 Å². The Morgan fingerprint density at radius 2 is 2.10 bits per heavy atom. The van der Waals surface area contributed by atoms with E-state index < -0.39 is 0 Å². The predicted octanol–water partition coefficient (Wildman–Crippen LogP) is 1.45. The number of nitrogens with zero attached hydrogens (tertiary/aromatic N) is 4. The second kappa shape index (κ2) is 7.95. The maximum absolute atomic E-state index is 5.00. The van der Waals surface area contributed by atoms with Crippen molar-refractivity contribution in [1.82, 2.24) is 24.9 Å². The Morgan fingerprint density at radius 1 is 1.24 bits per heavy atom. The predicted molar refractivity (Wildman–Crippen MR) is 82.2 cm³/mol. The Morgan fingerprint density at radius 3 is 2.81 bits per heavy atom. The molecule has 0 spiro atoms. The van der Waals surface area contributed by atoms with Crippen molar-refractivity contribution in [3.8, 4) is 0 Å². The van der Waals surface area contributed by atoms with E-state index in [-0.39, 0.29) is 0 Å². The standard InChI is InChI=1S/C15H25N5O/c1-4-13-10-15(20(5-2)18-13)12-19-8-6-14(17-19)11-16-7-9-21-3/h6,8,10,16H,4-5,7,9,11-12H2,1-3H3. The van der Waals surface area contributed by atoms with Gasteiger partial charge in [-0.1, -0.05) is 6.92 Å². The molecule has 6 nitrogen and oxygen atoms in total. The van der Waals surface area contributed by atoms with E-state index in [9.17, 15) is 0 Å². The van der Waals surface area contributed by atoms with Crippen molar-refractivity contribution in [3.05, 3.63) is 35.4 Å². The highest BCUT2D eigenvalue weighted by atomic mass is 16.5. The molecular formula is C15H25N5O. The van der Waals surface area contributed by atoms with Crippen molar-refractivity contribution >= 4 is 0 Å². The topological polar surface area (TPSA) is 56.9 Å². The molecule has 1 N–H and O–H groups in total. The van der Waals surface area contributed by atoms with Crippen LogP contribution < -0.4 is 5.32 Å². The van der Waals surface area contributed by atoms with Gasteiger partial charge >= 0.3 is 0 Å². The summed E-state index contributed by atoms with van der Waals surface area (Å²) in [6, 6.07) is 4.22. The minimum Gasteiger partial charge on any atom is -0.383 e. The summed E-state index contributed by atoms with van der Waals surface area (Å²) in [6.07, 6.45) is 2.99. The van der Waals surface area contributed by atoms with Crippen molar-refractivity contribution in [2.45, 2.75) is 39.9 Å². The van der Waals surface area contributed by atoms with E-state index in [2.05, 4.69) is 40.1 Å². The first-order chi connectivity index (χ1) is 10.3. The molecule has 0 saturated carbocycles. The average molecular weight is 291 g/mol. The summed E-state index contributed by atoms with van der Waals surface area (Å²) in [7, 11) is 1.71. The van der Waals surface area contributed by atoms with Gasteiger partial charge in [-0.25, -0.2) is 0 Å². The third kappa shape index (κ3) is 4.41. The van der Waals surface area contributed by atoms with Gasteiger partial charge in [0.2, 0.25) is 0 Å². The lowest BCUT2D eigenvalue weighted by Crippen LogP contribution is -2.19. The molecule has 2 heterocycles. The molecule has 0 fully saturated rings. The fraction of sp³-hybridized carbons (Fsp3) is 0.600. The zero-order valence-electron chi connectivity index (χ0n) is 13.2. The van der Waals surface area contributed by atoms with E-state index in [1.54, 1.807) is 7.11 Å². The molecule has 0 radical (unpaired) electrons. The molecule has 0 aromatic carbocycles. The number of rotatable bonds is 9. The van der Waals surface area contributed by atoms with Gasteiger partial charge in [-0.05, 0) is 25.5 Å². The van der Waals surface area contributed by atoms with E-state index in [0.717, 1.165) is 50.6 Å². The van der Waals surface area contributed by atoms with E-state index >= 15 is 0 Å². The van der Waals surface area contributed by atoms with Gasteiger partial charge in [0.15, 0.2) is 0 Å². The summed E-state index contributed by atoms with van der Waals surface area (Å²) in [5.74, 6) is 0. The molecule has 2 aromatic heterocycles. The van der Waals surface area contributed by atoms with Crippen molar-refractivity contribution < 1.29 is 4.74 Å². The van der Waals surface area contributed by atoms with Gasteiger partial charge in [-0.15, -0.1) is 0 Å². The third-order valence-corrected chi connectivity index (χ3v) is 3.38. The van der Waals surface area contributed by atoms with Crippen LogP contribution in [0.25, 0.3) is 0 Å². The molecule has 0 unspecified atom stereocenters. The molecule has 2 aromatic rings. The summed E-state index contributed by atoms with van der Waals surface area (Å²) in [5, 5.41) is 12.5. The van der Waals surface area contributed by atoms with Crippen LogP contribution in [-0.2, 0) is 30.8 Å². The minimum atomic E-state index is 0.718. The summed E-state index contributed by atoms with van der Waals surface area (Å²) < 4.78 is 9.03. The summed E-state index contributed by atoms with van der Waals surface area (Å²) >= 11 is 0. The molecule has 0 aliphatic rings. The number of aryl methyl sites for hydroxylation is 2. The molecule has 0 amide bonds. The summed E-state index contributed by atoms with van der Waals surface area (Å²) in [5.41, 5.74) is 3.39. The SMILES string of the molecule is CCc1cc(Cn2ccc(CNCCOC)n2)n(CC)n1. The number of ether oxygens (including phenoxy) is 1. The van der Waals surface area contributed by atoms with E-state index in [0.29, 0.717) is 0 Å². The van der Waals surface area contributed by atoms with E-state index in [1.165, 1.54) is 5.69 Å². The minimum absolute atomic E-state index is 0.718. The molecule has 2 rings (SSSR count). The van der Waals surface area contributed by atoms with Crippen LogP contribution in [0, 0.1) is 0 Å². The van der Waals surface area contributed by atoms with Gasteiger partial charge in [-0.3, -0.25) is 9.36 Å². The first kappa shape index (κ1) is 15.7. The highest BCUT2D eigenvalue weighted by Gasteiger charge is 2.07. The van der Waals surface area contributed by atoms with Crippen molar-refractivity contribution in [2.24, 2.45) is 0 Å². The zero-order chi connectivity index (χ0) is 15.1. The molecule has 0 aliphatic heterocycles. The second-order valence-corrected chi connectivity index (χ2v) is 4.97. The molecule has 0 aliphatic carbocycles. The number of hydrogen-bond acceptors (Lipinski definition) is 4. The molecule has 116 valence electrons. The Balaban J connectivity index is 1.94. The maximum atomic E-state index is 5.00. The zero-order valence-corrected chi connectivity index (χ0v) is 13.2. The van der Waals surface area contributed by atoms with Gasteiger partial charge in [0, 0.05) is 32.9 Å². The Kier molecular flexibility index (Phi) is 5.95. The van der Waals surface area contributed by atoms with Crippen LogP contribution in [0.4, 0.5) is 0 Å². The number of aromatic nitrogens is 4. The molecule has 21 heavy (non-hydrogen) atoms. The largest absolute Gasteiger partial charge is 0.383 e. The summed E-state index contributed by atoms with van der Waals surface area (Å²) in [6.45, 7) is 8.22. The van der Waals surface area contributed by atoms with Crippen LogP contribution in [0.1, 0.15) is 30.9 Å². The molecule has 6 heteroatoms. The fourth-order valence-electron chi connectivity index (χ4n) is 2.23. The number of hydrogen-bond donors (Lipinski definition) is 1. The second-order valence-electron chi connectivity index (χ2n) is 4.97. The molecule has 0 bridgehead atoms. The molecule has 0 saturated heterocycles. The van der Waals surface area contributed by atoms with Crippen LogP contribution in [0.3, 0.4) is 0 Å². The number of nitrogens with one attached hydrogen (secondary N) is 1. The van der Waals surface area contributed by atoms with Crippen molar-refractivity contribution in [2.75, 3.05) is 20.3 Å². The quantitative estimate of drug-likeness (QED) is 0.710. The highest BCUT2D eigenvalue weighted by molar-refractivity contribution is 5.11. The molecular weight excluding hydrogens is 266 g/mol. The van der Waals surface area contributed by atoms with Crippen LogP contribution in [0.2, 0.25) is 0 Å². The Bertz CT molecular complexity index is 546. The van der Waals surface area contributed by atoms with E-state index in [4.69, 9.17) is 4.74 Å². The van der Waals surface area contributed by atoms with E-state index in [1.807, 2.05) is 16.9 Å². The summed E-state index contributed by atoms with van der Waals surface area (Å²) in [4.78, 5) is 0. The third-order valence-electron chi connectivity index (χ3n) is 3.38. The lowest BCUT2D eigenvalue weighted by Gasteiger charge is -2.05. The van der Waals surface area contributed by atoms with Crippen LogP contribution >= 0.6 is 0 Å². The van der Waals surface area contributed by atoms with Gasteiger partial charge in [-0.2, -0.15) is 10.2 Å². The monoisotopic (exact) mass is 291 g/mol. The van der Waals surface area contributed by atoms with Gasteiger partial charge in [0.25, 0.3) is 0 Å². The Hall–Kier alpha value is -1.66. The van der Waals surface area contributed by atoms with Crippen LogP contribution in [0.5, 0.6) is 0 Å². The first-order valence-corrected chi connectivity index (χ1v) is 7.54. The van der Waals surface area contributed by atoms with Crippen LogP contribution in [0.15, 0.2) is 18.3 Å². The van der Waals surface area contributed by atoms with Gasteiger partial charge in [0.05, 0.1) is 30.2 Å². The lowest BCUT2D eigenvalue weighted by molar-refractivity contribution is 0.199. The maximum Gasteiger partial charge on any atom is 0.0828 e. The fourth-order valence-corrected chi connectivity index (χ4v) is 2.23. The van der Waals surface area contributed by atoms with Crippen molar-refractivity contribution in [1.29, 1.82) is 0 Å². The van der Waals surface area contributed by atoms with Gasteiger partial charge in [0.1, 0.15) is 0 Å².